The highest BCUT2D eigenvalue weighted by atomic mass is 16.1. The van der Waals surface area contributed by atoms with E-state index in [1.165, 1.54) is 0 Å². The maximum atomic E-state index is 12.0. The molecule has 0 radical (unpaired) electrons. The fourth-order valence-corrected chi connectivity index (χ4v) is 1.45. The fraction of sp³-hybridized carbons (Fsp3) is 0.154. The number of rotatable bonds is 2. The maximum absolute atomic E-state index is 12.0. The molecule has 0 aromatic carbocycles. The summed E-state index contributed by atoms with van der Waals surface area (Å²) in [6, 6.07) is 5.44. The summed E-state index contributed by atoms with van der Waals surface area (Å²) in [6.07, 6.45) is 4.90. The van der Waals surface area contributed by atoms with E-state index in [1.807, 2.05) is 26.0 Å². The van der Waals surface area contributed by atoms with E-state index in [0.717, 1.165) is 11.3 Å². The van der Waals surface area contributed by atoms with Crippen molar-refractivity contribution in [3.63, 3.8) is 0 Å². The van der Waals surface area contributed by atoms with Gasteiger partial charge in [0.25, 0.3) is 0 Å². The van der Waals surface area contributed by atoms with Crippen molar-refractivity contribution < 1.29 is 4.79 Å². The lowest BCUT2D eigenvalue weighted by atomic mass is 10.1. The van der Waals surface area contributed by atoms with Crippen LogP contribution in [0.3, 0.4) is 0 Å². The highest BCUT2D eigenvalue weighted by molar-refractivity contribution is 6.08. The topological polar surface area (TPSA) is 42.9 Å². The summed E-state index contributed by atoms with van der Waals surface area (Å²) in [6.45, 7) is 3.81. The summed E-state index contributed by atoms with van der Waals surface area (Å²) in [4.78, 5) is 20.1. The number of aryl methyl sites for hydroxylation is 2. The van der Waals surface area contributed by atoms with Crippen molar-refractivity contribution in [2.75, 3.05) is 0 Å². The second-order valence-corrected chi connectivity index (χ2v) is 3.77. The number of hydrogen-bond donors (Lipinski definition) is 0. The number of aromatic nitrogens is 2. The first-order valence-corrected chi connectivity index (χ1v) is 5.06. The number of carbonyl (C=O) groups excluding carboxylic acids is 1. The molecule has 0 fully saturated rings. The van der Waals surface area contributed by atoms with Gasteiger partial charge in [0.05, 0.1) is 0 Å². The molecule has 16 heavy (non-hydrogen) atoms. The van der Waals surface area contributed by atoms with Crippen molar-refractivity contribution >= 4 is 5.78 Å². The molecule has 0 aliphatic carbocycles. The second kappa shape index (κ2) is 4.23. The Morgan fingerprint density at radius 3 is 2.50 bits per heavy atom. The first-order chi connectivity index (χ1) is 7.66. The molecule has 0 spiro atoms. The van der Waals surface area contributed by atoms with E-state index in [9.17, 15) is 4.79 Å². The average Bonchev–Trinajstić information content (AvgIpc) is 2.29. The first kappa shape index (κ1) is 10.5. The number of hydrogen-bond acceptors (Lipinski definition) is 3. The van der Waals surface area contributed by atoms with Crippen LogP contribution in [0.4, 0.5) is 0 Å². The molecule has 2 rings (SSSR count). The van der Waals surface area contributed by atoms with Gasteiger partial charge in [-0.1, -0.05) is 0 Å². The first-order valence-electron chi connectivity index (χ1n) is 5.06. The van der Waals surface area contributed by atoms with Crippen LogP contribution in [0.2, 0.25) is 0 Å². The van der Waals surface area contributed by atoms with Crippen LogP contribution in [0.25, 0.3) is 0 Å². The monoisotopic (exact) mass is 212 g/mol. The van der Waals surface area contributed by atoms with Gasteiger partial charge in [0, 0.05) is 35.4 Å². The van der Waals surface area contributed by atoms with Gasteiger partial charge in [-0.3, -0.25) is 14.8 Å². The summed E-state index contributed by atoms with van der Waals surface area (Å²) in [7, 11) is 0. The molecule has 0 saturated heterocycles. The SMILES string of the molecule is Cc1cncc(C(=O)c2ccc(C)nc2)c1. The van der Waals surface area contributed by atoms with Gasteiger partial charge in [-0.2, -0.15) is 0 Å². The zero-order chi connectivity index (χ0) is 11.5. The van der Waals surface area contributed by atoms with E-state index in [1.54, 1.807) is 24.7 Å². The van der Waals surface area contributed by atoms with Gasteiger partial charge in [-0.15, -0.1) is 0 Å². The summed E-state index contributed by atoms with van der Waals surface area (Å²) in [5, 5.41) is 0. The minimum Gasteiger partial charge on any atom is -0.288 e. The zero-order valence-electron chi connectivity index (χ0n) is 9.27. The average molecular weight is 212 g/mol. The molecule has 0 unspecified atom stereocenters. The van der Waals surface area contributed by atoms with Crippen molar-refractivity contribution in [1.82, 2.24) is 9.97 Å². The third-order valence-electron chi connectivity index (χ3n) is 2.31. The Bertz CT molecular complexity index is 518. The smallest absolute Gasteiger partial charge is 0.196 e. The fourth-order valence-electron chi connectivity index (χ4n) is 1.45. The van der Waals surface area contributed by atoms with E-state index in [-0.39, 0.29) is 5.78 Å². The Kier molecular flexibility index (Phi) is 2.77. The van der Waals surface area contributed by atoms with Gasteiger partial charge in [-0.25, -0.2) is 0 Å². The molecule has 0 bridgehead atoms. The maximum Gasteiger partial charge on any atom is 0.196 e. The minimum absolute atomic E-state index is 0.0382. The van der Waals surface area contributed by atoms with Gasteiger partial charge in [0.1, 0.15) is 0 Å². The second-order valence-electron chi connectivity index (χ2n) is 3.77. The minimum atomic E-state index is -0.0382. The normalized spacial score (nSPS) is 10.1. The highest BCUT2D eigenvalue weighted by Crippen LogP contribution is 2.09. The largest absolute Gasteiger partial charge is 0.288 e. The molecule has 2 aromatic heterocycles. The summed E-state index contributed by atoms with van der Waals surface area (Å²) < 4.78 is 0. The van der Waals surface area contributed by atoms with E-state index in [4.69, 9.17) is 0 Å². The lowest BCUT2D eigenvalue weighted by Gasteiger charge is -2.01. The van der Waals surface area contributed by atoms with Crippen molar-refractivity contribution in [1.29, 1.82) is 0 Å². The summed E-state index contributed by atoms with van der Waals surface area (Å²) >= 11 is 0. The molecule has 0 aliphatic rings. The lowest BCUT2D eigenvalue weighted by Crippen LogP contribution is -2.03. The van der Waals surface area contributed by atoms with Gasteiger partial charge in [0.15, 0.2) is 5.78 Å². The molecule has 0 amide bonds. The van der Waals surface area contributed by atoms with Crippen molar-refractivity contribution in [2.45, 2.75) is 13.8 Å². The third kappa shape index (κ3) is 2.14. The predicted molar refractivity (Wildman–Crippen MR) is 61.4 cm³/mol. The molecule has 3 heteroatoms. The van der Waals surface area contributed by atoms with Crippen LogP contribution in [-0.2, 0) is 0 Å². The molecule has 80 valence electrons. The van der Waals surface area contributed by atoms with Gasteiger partial charge >= 0.3 is 0 Å². The van der Waals surface area contributed by atoms with Crippen LogP contribution in [-0.4, -0.2) is 15.8 Å². The van der Waals surface area contributed by atoms with Crippen molar-refractivity contribution in [3.8, 4) is 0 Å². The van der Waals surface area contributed by atoms with E-state index in [2.05, 4.69) is 9.97 Å². The molecule has 0 aliphatic heterocycles. The van der Waals surface area contributed by atoms with Crippen molar-refractivity contribution in [2.24, 2.45) is 0 Å². The predicted octanol–water partition coefficient (Wildman–Crippen LogP) is 2.32. The molecule has 0 saturated carbocycles. The standard InChI is InChI=1S/C13H12N2O/c1-9-5-12(7-14-6-9)13(16)11-4-3-10(2)15-8-11/h3-8H,1-2H3. The number of ketones is 1. The Balaban J connectivity index is 2.35. The van der Waals surface area contributed by atoms with Crippen LogP contribution < -0.4 is 0 Å². The van der Waals surface area contributed by atoms with Crippen LogP contribution in [0.1, 0.15) is 27.2 Å². The summed E-state index contributed by atoms with van der Waals surface area (Å²) in [5.74, 6) is -0.0382. The molecular formula is C13H12N2O. The summed E-state index contributed by atoms with van der Waals surface area (Å²) in [5.41, 5.74) is 3.08. The molecule has 2 heterocycles. The molecule has 2 aromatic rings. The highest BCUT2D eigenvalue weighted by Gasteiger charge is 2.09. The lowest BCUT2D eigenvalue weighted by molar-refractivity contribution is 0.103. The molecule has 0 N–H and O–H groups in total. The molecular weight excluding hydrogens is 200 g/mol. The van der Waals surface area contributed by atoms with E-state index in [0.29, 0.717) is 11.1 Å². The zero-order valence-corrected chi connectivity index (χ0v) is 9.27. The Morgan fingerprint density at radius 2 is 1.88 bits per heavy atom. The van der Waals surface area contributed by atoms with Gasteiger partial charge in [0.2, 0.25) is 0 Å². The van der Waals surface area contributed by atoms with Crippen LogP contribution in [0.5, 0.6) is 0 Å². The number of pyridine rings is 2. The van der Waals surface area contributed by atoms with E-state index < -0.39 is 0 Å². The van der Waals surface area contributed by atoms with Crippen LogP contribution in [0.15, 0.2) is 36.8 Å². The molecule has 0 atom stereocenters. The quantitative estimate of drug-likeness (QED) is 0.717. The van der Waals surface area contributed by atoms with Crippen LogP contribution in [0, 0.1) is 13.8 Å². The van der Waals surface area contributed by atoms with Gasteiger partial charge in [-0.05, 0) is 37.6 Å². The Labute approximate surface area is 94.2 Å². The van der Waals surface area contributed by atoms with Crippen molar-refractivity contribution in [3.05, 3.63) is 59.2 Å². The van der Waals surface area contributed by atoms with Crippen LogP contribution >= 0.6 is 0 Å². The Morgan fingerprint density at radius 1 is 1.06 bits per heavy atom. The Hall–Kier alpha value is -2.03. The number of nitrogens with zero attached hydrogens (tertiary/aromatic N) is 2. The third-order valence-corrected chi connectivity index (χ3v) is 2.31. The molecule has 3 nitrogen and oxygen atoms in total. The van der Waals surface area contributed by atoms with Gasteiger partial charge < -0.3 is 0 Å². The van der Waals surface area contributed by atoms with E-state index >= 15 is 0 Å². The number of carbonyl (C=O) groups is 1.